The molecule has 0 saturated heterocycles. The second-order valence-electron chi connectivity index (χ2n) is 9.85. The van der Waals surface area contributed by atoms with Crippen LogP contribution in [0.2, 0.25) is 0 Å². The van der Waals surface area contributed by atoms with Gasteiger partial charge in [-0.15, -0.1) is 0 Å². The number of nitrogens with zero attached hydrogens (tertiary/aromatic N) is 1. The van der Waals surface area contributed by atoms with Gasteiger partial charge in [0, 0.05) is 18.5 Å². The van der Waals surface area contributed by atoms with Crippen molar-refractivity contribution in [2.24, 2.45) is 28.7 Å². The van der Waals surface area contributed by atoms with E-state index in [1.807, 2.05) is 0 Å². The van der Waals surface area contributed by atoms with Crippen LogP contribution in [0.1, 0.15) is 58.2 Å². The first-order chi connectivity index (χ1) is 15.2. The lowest BCUT2D eigenvalue weighted by Gasteiger charge is -2.32. The van der Waals surface area contributed by atoms with Crippen molar-refractivity contribution in [2.75, 3.05) is 7.05 Å². The SMILES string of the molecule is C=C(OC(=NC)c1ccc(-c2ccccc2C2=C[CH]C2C(C)C)cc1CC(C)C)C(C)C. The summed E-state index contributed by atoms with van der Waals surface area (Å²) in [4.78, 5) is 4.47. The zero-order valence-electron chi connectivity index (χ0n) is 20.8. The van der Waals surface area contributed by atoms with Crippen molar-refractivity contribution in [1.29, 1.82) is 0 Å². The Morgan fingerprint density at radius 3 is 2.22 bits per heavy atom. The zero-order valence-corrected chi connectivity index (χ0v) is 20.8. The highest BCUT2D eigenvalue weighted by Crippen LogP contribution is 2.43. The van der Waals surface area contributed by atoms with Crippen molar-refractivity contribution in [3.8, 4) is 11.1 Å². The second kappa shape index (κ2) is 10.3. The van der Waals surface area contributed by atoms with Gasteiger partial charge < -0.3 is 4.74 Å². The number of allylic oxidation sites excluding steroid dienone is 3. The largest absolute Gasteiger partial charge is 0.443 e. The topological polar surface area (TPSA) is 21.6 Å². The molecule has 0 bridgehead atoms. The Morgan fingerprint density at radius 1 is 1.00 bits per heavy atom. The van der Waals surface area contributed by atoms with Gasteiger partial charge >= 0.3 is 0 Å². The molecule has 3 rings (SSSR count). The van der Waals surface area contributed by atoms with Crippen molar-refractivity contribution >= 4 is 11.5 Å². The average molecular weight is 429 g/mol. The zero-order chi connectivity index (χ0) is 23.4. The summed E-state index contributed by atoms with van der Waals surface area (Å²) < 4.78 is 6.09. The van der Waals surface area contributed by atoms with Gasteiger partial charge in [0.05, 0.1) is 0 Å². The lowest BCUT2D eigenvalue weighted by molar-refractivity contribution is 0.361. The van der Waals surface area contributed by atoms with Crippen LogP contribution in [-0.2, 0) is 11.2 Å². The quantitative estimate of drug-likeness (QED) is 0.237. The van der Waals surface area contributed by atoms with Crippen molar-refractivity contribution in [2.45, 2.75) is 48.0 Å². The minimum atomic E-state index is 0.243. The summed E-state index contributed by atoms with van der Waals surface area (Å²) >= 11 is 0. The van der Waals surface area contributed by atoms with E-state index in [9.17, 15) is 0 Å². The third-order valence-corrected chi connectivity index (χ3v) is 6.15. The van der Waals surface area contributed by atoms with Gasteiger partial charge in [0.15, 0.2) is 0 Å². The molecule has 2 heteroatoms. The minimum absolute atomic E-state index is 0.243. The maximum atomic E-state index is 6.09. The lowest BCUT2D eigenvalue weighted by atomic mass is 9.72. The van der Waals surface area contributed by atoms with Crippen molar-refractivity contribution in [1.82, 2.24) is 0 Å². The number of ether oxygens (including phenoxy) is 1. The standard InChI is InChI=1S/C30H38NO/c1-19(2)17-24-18-23(13-14-27(24)30(31-8)32-22(7)20(3)4)26-11-9-10-12-28(26)29-16-15-25(29)21(5)6/h9-16,18-21,25H,7,17H2,1-6,8H3. The third-order valence-electron chi connectivity index (χ3n) is 6.15. The maximum absolute atomic E-state index is 6.09. The van der Waals surface area contributed by atoms with E-state index in [4.69, 9.17) is 4.74 Å². The first kappa shape index (κ1) is 24.0. The maximum Gasteiger partial charge on any atom is 0.221 e. The molecule has 0 fully saturated rings. The summed E-state index contributed by atoms with van der Waals surface area (Å²) in [5.74, 6) is 3.29. The van der Waals surface area contributed by atoms with Crippen LogP contribution in [0.25, 0.3) is 16.7 Å². The molecule has 2 nitrogen and oxygen atoms in total. The monoisotopic (exact) mass is 428 g/mol. The van der Waals surface area contributed by atoms with Crippen LogP contribution in [0.4, 0.5) is 0 Å². The lowest BCUT2D eigenvalue weighted by Crippen LogP contribution is -2.18. The molecule has 0 aliphatic heterocycles. The molecule has 1 radical (unpaired) electrons. The van der Waals surface area contributed by atoms with E-state index in [0.29, 0.717) is 23.7 Å². The average Bonchev–Trinajstić information content (AvgIpc) is 2.70. The first-order valence-corrected chi connectivity index (χ1v) is 11.8. The fraction of sp³-hybridized carbons (Fsp3) is 0.400. The molecule has 0 saturated carbocycles. The Morgan fingerprint density at radius 2 is 1.69 bits per heavy atom. The minimum Gasteiger partial charge on any atom is -0.443 e. The predicted octanol–water partition coefficient (Wildman–Crippen LogP) is 7.99. The van der Waals surface area contributed by atoms with Gasteiger partial charge in [-0.05, 0) is 64.5 Å². The van der Waals surface area contributed by atoms with Crippen LogP contribution < -0.4 is 0 Å². The molecule has 0 amide bonds. The van der Waals surface area contributed by atoms with Gasteiger partial charge in [0.2, 0.25) is 5.90 Å². The number of hydrogen-bond acceptors (Lipinski definition) is 2. The summed E-state index contributed by atoms with van der Waals surface area (Å²) in [5.41, 5.74) is 7.63. The van der Waals surface area contributed by atoms with Gasteiger partial charge in [-0.25, -0.2) is 0 Å². The molecule has 0 heterocycles. The van der Waals surface area contributed by atoms with Crippen LogP contribution in [0.3, 0.4) is 0 Å². The van der Waals surface area contributed by atoms with E-state index in [1.54, 1.807) is 7.05 Å². The highest BCUT2D eigenvalue weighted by atomic mass is 16.5. The van der Waals surface area contributed by atoms with Crippen molar-refractivity contribution in [3.63, 3.8) is 0 Å². The second-order valence-corrected chi connectivity index (χ2v) is 9.85. The molecular weight excluding hydrogens is 390 g/mol. The molecule has 2 aromatic carbocycles. The Kier molecular flexibility index (Phi) is 7.77. The van der Waals surface area contributed by atoms with Gasteiger partial charge in [-0.1, -0.05) is 90.6 Å². The van der Waals surface area contributed by atoms with E-state index >= 15 is 0 Å². The molecule has 32 heavy (non-hydrogen) atoms. The van der Waals surface area contributed by atoms with Crippen LogP contribution in [0.15, 0.2) is 65.9 Å². The Labute approximate surface area is 195 Å². The molecule has 1 aliphatic rings. The first-order valence-electron chi connectivity index (χ1n) is 11.8. The molecule has 1 atom stereocenters. The molecule has 1 unspecified atom stereocenters. The number of aliphatic imine (C=N–C) groups is 1. The van der Waals surface area contributed by atoms with E-state index in [1.165, 1.54) is 27.8 Å². The molecule has 0 N–H and O–H groups in total. The molecule has 1 aliphatic carbocycles. The highest BCUT2D eigenvalue weighted by Gasteiger charge is 2.27. The molecule has 0 aromatic heterocycles. The normalized spacial score (nSPS) is 16.4. The van der Waals surface area contributed by atoms with E-state index in [-0.39, 0.29) is 5.92 Å². The number of hydrogen-bond donors (Lipinski definition) is 0. The molecule has 169 valence electrons. The van der Waals surface area contributed by atoms with Crippen LogP contribution in [-0.4, -0.2) is 12.9 Å². The van der Waals surface area contributed by atoms with E-state index in [0.717, 1.165) is 17.7 Å². The van der Waals surface area contributed by atoms with Gasteiger partial charge in [0.1, 0.15) is 5.76 Å². The Balaban J connectivity index is 2.05. The summed E-state index contributed by atoms with van der Waals surface area (Å²) in [6, 6.07) is 15.5. The molecular formula is C30H38NO. The fourth-order valence-electron chi connectivity index (χ4n) is 4.18. The Bertz CT molecular complexity index is 1020. The van der Waals surface area contributed by atoms with Crippen molar-refractivity contribution < 1.29 is 4.74 Å². The van der Waals surface area contributed by atoms with Gasteiger partial charge in [-0.2, -0.15) is 0 Å². The Hall–Kier alpha value is -2.61. The van der Waals surface area contributed by atoms with E-state index < -0.39 is 0 Å². The molecule has 0 spiro atoms. The van der Waals surface area contributed by atoms with Gasteiger partial charge in [-0.3, -0.25) is 4.99 Å². The van der Waals surface area contributed by atoms with Gasteiger partial charge in [0.25, 0.3) is 0 Å². The van der Waals surface area contributed by atoms with Crippen LogP contribution in [0, 0.1) is 30.1 Å². The summed E-state index contributed by atoms with van der Waals surface area (Å²) in [7, 11) is 1.79. The number of rotatable bonds is 8. The van der Waals surface area contributed by atoms with E-state index in [2.05, 4.69) is 108 Å². The number of benzene rings is 2. The summed E-state index contributed by atoms with van der Waals surface area (Å²) in [5, 5.41) is 0. The third kappa shape index (κ3) is 5.23. The van der Waals surface area contributed by atoms with Crippen molar-refractivity contribution in [3.05, 3.63) is 84.0 Å². The fourth-order valence-corrected chi connectivity index (χ4v) is 4.18. The summed E-state index contributed by atoms with van der Waals surface area (Å²) in [6.45, 7) is 17.3. The molecule has 2 aromatic rings. The predicted molar refractivity (Wildman–Crippen MR) is 139 cm³/mol. The highest BCUT2D eigenvalue weighted by molar-refractivity contribution is 5.97. The smallest absolute Gasteiger partial charge is 0.221 e. The van der Waals surface area contributed by atoms with Crippen LogP contribution >= 0.6 is 0 Å². The van der Waals surface area contributed by atoms with Crippen LogP contribution in [0.5, 0.6) is 0 Å². The summed E-state index contributed by atoms with van der Waals surface area (Å²) in [6.07, 6.45) is 5.57.